The number of aliphatic hydroxyl groups is 3. The maximum absolute atomic E-state index is 13.8. The summed E-state index contributed by atoms with van der Waals surface area (Å²) in [4.78, 5) is 53.0. The predicted octanol–water partition coefficient (Wildman–Crippen LogP) is 3.55. The molecule has 11 nitrogen and oxygen atoms in total. The zero-order valence-corrected chi connectivity index (χ0v) is 23.0. The van der Waals surface area contributed by atoms with Crippen LogP contribution in [0.5, 0.6) is 5.75 Å². The molecule has 0 aromatic heterocycles. The lowest BCUT2D eigenvalue weighted by Gasteiger charge is -2.46. The summed E-state index contributed by atoms with van der Waals surface area (Å²) in [7, 11) is 3.49. The van der Waals surface area contributed by atoms with Crippen molar-refractivity contribution in [3.8, 4) is 5.75 Å². The lowest BCUT2D eigenvalue weighted by atomic mass is 9.59. The summed E-state index contributed by atoms with van der Waals surface area (Å²) in [5.74, 6) is -6.22. The monoisotopic (exact) mass is 561 g/mol. The standard InChI is InChI=1S/C30H31N3O8/c1-13-6-5-7-17(8-13)31-29(40)32-19-12-20(33(3)4)18-10-15-9-16-11-21(35)22(14(2)34)27(38)30(16,41)28(39)23(15)26(37)24(18)25(19)36/h5-8,12,15-16,36-38,41H,9-11H2,1-4H3,(H2,31,32,40). The molecule has 5 rings (SSSR count). The van der Waals surface area contributed by atoms with Crippen molar-refractivity contribution in [3.05, 3.63) is 63.9 Å². The number of carbonyl (C=O) groups excluding carboxylic acids is 4. The Morgan fingerprint density at radius 1 is 1.05 bits per heavy atom. The molecule has 3 aliphatic carbocycles. The van der Waals surface area contributed by atoms with Crippen LogP contribution in [0.25, 0.3) is 5.76 Å². The molecule has 2 amide bonds. The summed E-state index contributed by atoms with van der Waals surface area (Å²) < 4.78 is 0. The molecule has 0 saturated heterocycles. The smallest absolute Gasteiger partial charge is 0.323 e. The van der Waals surface area contributed by atoms with Crippen LogP contribution in [-0.4, -0.2) is 63.5 Å². The molecule has 11 heteroatoms. The molecule has 0 aliphatic heterocycles. The number of nitrogens with one attached hydrogen (secondary N) is 2. The van der Waals surface area contributed by atoms with Crippen molar-refractivity contribution in [3.63, 3.8) is 0 Å². The van der Waals surface area contributed by atoms with Crippen LogP contribution in [0.4, 0.5) is 21.9 Å². The van der Waals surface area contributed by atoms with Gasteiger partial charge >= 0.3 is 6.03 Å². The number of aliphatic hydroxyl groups excluding tert-OH is 2. The molecular weight excluding hydrogens is 530 g/mol. The molecule has 0 spiro atoms. The van der Waals surface area contributed by atoms with E-state index in [0.717, 1.165) is 12.5 Å². The number of benzene rings is 2. The fraction of sp³-hybridized carbons (Fsp3) is 0.333. The molecule has 3 unspecified atom stereocenters. The fourth-order valence-electron chi connectivity index (χ4n) is 6.28. The predicted molar refractivity (Wildman–Crippen MR) is 151 cm³/mol. The highest BCUT2D eigenvalue weighted by molar-refractivity contribution is 6.23. The third kappa shape index (κ3) is 4.33. The molecule has 2 aromatic rings. The van der Waals surface area contributed by atoms with Gasteiger partial charge in [0.2, 0.25) is 5.78 Å². The first-order valence-corrected chi connectivity index (χ1v) is 13.1. The summed E-state index contributed by atoms with van der Waals surface area (Å²) in [6, 6.07) is 8.02. The van der Waals surface area contributed by atoms with Gasteiger partial charge in [0.1, 0.15) is 17.1 Å². The number of amides is 2. The van der Waals surface area contributed by atoms with Crippen LogP contribution in [0.2, 0.25) is 0 Å². The Morgan fingerprint density at radius 3 is 2.39 bits per heavy atom. The van der Waals surface area contributed by atoms with E-state index in [1.165, 1.54) is 0 Å². The van der Waals surface area contributed by atoms with Crippen molar-refractivity contribution in [2.75, 3.05) is 29.6 Å². The Balaban J connectivity index is 1.60. The van der Waals surface area contributed by atoms with Gasteiger partial charge in [-0.2, -0.15) is 0 Å². The van der Waals surface area contributed by atoms with Crippen molar-refractivity contribution in [1.29, 1.82) is 0 Å². The number of hydrogen-bond acceptors (Lipinski definition) is 9. The molecule has 3 atom stereocenters. The van der Waals surface area contributed by atoms with Crippen LogP contribution in [0.1, 0.15) is 36.5 Å². The molecule has 3 aliphatic rings. The number of urea groups is 1. The van der Waals surface area contributed by atoms with Crippen LogP contribution in [-0.2, 0) is 20.8 Å². The van der Waals surface area contributed by atoms with E-state index in [-0.39, 0.29) is 36.1 Å². The zero-order valence-electron chi connectivity index (χ0n) is 23.0. The van der Waals surface area contributed by atoms with E-state index in [2.05, 4.69) is 10.6 Å². The molecule has 0 heterocycles. The van der Waals surface area contributed by atoms with Crippen molar-refractivity contribution in [1.82, 2.24) is 0 Å². The van der Waals surface area contributed by atoms with Gasteiger partial charge in [0.05, 0.1) is 11.3 Å². The second-order valence-corrected chi connectivity index (χ2v) is 11.1. The largest absolute Gasteiger partial charge is 0.508 e. The van der Waals surface area contributed by atoms with E-state index < -0.39 is 63.7 Å². The van der Waals surface area contributed by atoms with E-state index in [4.69, 9.17) is 0 Å². The quantitative estimate of drug-likeness (QED) is 0.241. The normalized spacial score (nSPS) is 23.4. The van der Waals surface area contributed by atoms with Gasteiger partial charge in [-0.25, -0.2) is 4.79 Å². The number of aryl methyl sites for hydroxylation is 1. The van der Waals surface area contributed by atoms with E-state index in [9.17, 15) is 39.6 Å². The van der Waals surface area contributed by atoms with E-state index in [0.29, 0.717) is 16.9 Å². The zero-order chi connectivity index (χ0) is 30.0. The second kappa shape index (κ2) is 9.77. The first kappa shape index (κ1) is 27.9. The molecule has 214 valence electrons. The number of Topliss-reactive ketones (excluding diaryl/α,β-unsaturated/α-hetero) is 3. The van der Waals surface area contributed by atoms with Gasteiger partial charge < -0.3 is 36.0 Å². The maximum atomic E-state index is 13.8. The first-order chi connectivity index (χ1) is 19.2. The molecule has 0 bridgehead atoms. The van der Waals surface area contributed by atoms with Crippen LogP contribution >= 0.6 is 0 Å². The summed E-state index contributed by atoms with van der Waals surface area (Å²) in [6.45, 7) is 2.93. The van der Waals surface area contributed by atoms with E-state index in [1.807, 2.05) is 13.0 Å². The fourth-order valence-corrected chi connectivity index (χ4v) is 6.28. The Morgan fingerprint density at radius 2 is 1.76 bits per heavy atom. The molecule has 1 saturated carbocycles. The number of carbonyl (C=O) groups is 4. The van der Waals surface area contributed by atoms with Crippen LogP contribution in [0.15, 0.2) is 47.2 Å². The maximum Gasteiger partial charge on any atom is 0.323 e. The van der Waals surface area contributed by atoms with Gasteiger partial charge in [-0.15, -0.1) is 0 Å². The number of anilines is 3. The SMILES string of the molecule is CC(=O)C1=C(O)C2(O)C(=O)C3=C(O)c4c(O)c(NC(=O)Nc5cccc(C)c5)cc(N(C)C)c4CC3CC2CC1=O. The number of nitrogens with zero attached hydrogens (tertiary/aromatic N) is 1. The Kier molecular flexibility index (Phi) is 6.65. The number of ketones is 3. The molecule has 41 heavy (non-hydrogen) atoms. The van der Waals surface area contributed by atoms with Gasteiger partial charge in [-0.1, -0.05) is 12.1 Å². The van der Waals surface area contributed by atoms with Crippen molar-refractivity contribution in [2.45, 2.75) is 38.7 Å². The van der Waals surface area contributed by atoms with Gasteiger partial charge in [0, 0.05) is 43.4 Å². The van der Waals surface area contributed by atoms with Crippen LogP contribution in [0.3, 0.4) is 0 Å². The van der Waals surface area contributed by atoms with Gasteiger partial charge in [0.25, 0.3) is 0 Å². The van der Waals surface area contributed by atoms with Crippen LogP contribution in [0, 0.1) is 18.8 Å². The lowest BCUT2D eigenvalue weighted by Crippen LogP contribution is -2.57. The van der Waals surface area contributed by atoms with Gasteiger partial charge in [-0.05, 0) is 61.9 Å². The van der Waals surface area contributed by atoms with Gasteiger partial charge in [0.15, 0.2) is 22.9 Å². The minimum absolute atomic E-state index is 0.0343. The summed E-state index contributed by atoms with van der Waals surface area (Å²) in [6.07, 6.45) is -0.0833. The molecule has 6 N–H and O–H groups in total. The molecule has 2 aromatic carbocycles. The Labute approximate surface area is 235 Å². The number of rotatable bonds is 4. The van der Waals surface area contributed by atoms with E-state index in [1.54, 1.807) is 43.3 Å². The highest BCUT2D eigenvalue weighted by atomic mass is 16.3. The van der Waals surface area contributed by atoms with Crippen LogP contribution < -0.4 is 15.5 Å². The minimum atomic E-state index is -2.57. The number of phenolic OH excluding ortho intramolecular Hbond substituents is 1. The van der Waals surface area contributed by atoms with E-state index >= 15 is 0 Å². The third-order valence-electron chi connectivity index (χ3n) is 8.15. The molecule has 0 radical (unpaired) electrons. The Bertz CT molecular complexity index is 1600. The third-order valence-corrected chi connectivity index (χ3v) is 8.15. The number of phenols is 1. The average molecular weight is 562 g/mol. The summed E-state index contributed by atoms with van der Waals surface area (Å²) in [5.41, 5.74) is -1.02. The van der Waals surface area contributed by atoms with Gasteiger partial charge in [-0.3, -0.25) is 14.4 Å². The minimum Gasteiger partial charge on any atom is -0.508 e. The highest BCUT2D eigenvalue weighted by Gasteiger charge is 2.60. The Hall–Kier alpha value is -4.64. The number of fused-ring (bicyclic) bond motifs is 3. The highest BCUT2D eigenvalue weighted by Crippen LogP contribution is 2.54. The first-order valence-electron chi connectivity index (χ1n) is 13.1. The number of allylic oxidation sites excluding steroid dienone is 1. The number of aromatic hydroxyl groups is 1. The average Bonchev–Trinajstić information content (AvgIpc) is 2.87. The van der Waals surface area contributed by atoms with Crippen molar-refractivity contribution < 1.29 is 39.6 Å². The number of hydrogen-bond donors (Lipinski definition) is 6. The summed E-state index contributed by atoms with van der Waals surface area (Å²) in [5, 5.41) is 50.3. The molecular formula is C30H31N3O8. The lowest BCUT2D eigenvalue weighted by molar-refractivity contribution is -0.147. The molecule has 1 fully saturated rings. The van der Waals surface area contributed by atoms with Crippen molar-refractivity contribution >= 4 is 46.2 Å². The topological polar surface area (TPSA) is 176 Å². The van der Waals surface area contributed by atoms with Crippen molar-refractivity contribution in [2.24, 2.45) is 11.8 Å². The summed E-state index contributed by atoms with van der Waals surface area (Å²) >= 11 is 0. The second-order valence-electron chi connectivity index (χ2n) is 11.1.